The molecule has 0 saturated carbocycles. The maximum atomic E-state index is 10.5. The van der Waals surface area contributed by atoms with E-state index in [1.54, 1.807) is 10.7 Å². The van der Waals surface area contributed by atoms with Crippen LogP contribution >= 0.6 is 0 Å². The van der Waals surface area contributed by atoms with Crippen LogP contribution < -0.4 is 5.73 Å². The average molecular weight is 183 g/mol. The summed E-state index contributed by atoms with van der Waals surface area (Å²) < 4.78 is 1.63. The van der Waals surface area contributed by atoms with Crippen LogP contribution in [0, 0.1) is 0 Å². The molecule has 0 fully saturated rings. The monoisotopic (exact) mass is 183 g/mol. The zero-order valence-electron chi connectivity index (χ0n) is 7.69. The number of rotatable bonds is 3. The Kier molecular flexibility index (Phi) is 2.55. The van der Waals surface area contributed by atoms with E-state index in [0.29, 0.717) is 11.5 Å². The third kappa shape index (κ3) is 2.21. The number of carbonyl (C=O) groups is 1. The van der Waals surface area contributed by atoms with E-state index < -0.39 is 5.97 Å². The van der Waals surface area contributed by atoms with Crippen LogP contribution in [0.4, 0.5) is 5.82 Å². The van der Waals surface area contributed by atoms with Gasteiger partial charge in [-0.15, -0.1) is 0 Å². The van der Waals surface area contributed by atoms with Gasteiger partial charge in [-0.2, -0.15) is 5.10 Å². The Balaban J connectivity index is 2.97. The molecule has 1 heterocycles. The highest BCUT2D eigenvalue weighted by molar-refractivity contribution is 5.69. The summed E-state index contributed by atoms with van der Waals surface area (Å²) in [7, 11) is 0. The molecule has 0 atom stereocenters. The Morgan fingerprint density at radius 3 is 2.85 bits per heavy atom. The fourth-order valence-corrected chi connectivity index (χ4v) is 1.19. The molecule has 0 aliphatic rings. The fourth-order valence-electron chi connectivity index (χ4n) is 1.19. The van der Waals surface area contributed by atoms with Crippen molar-refractivity contribution in [3.05, 3.63) is 11.8 Å². The summed E-state index contributed by atoms with van der Waals surface area (Å²) >= 11 is 0. The molecule has 72 valence electrons. The first kappa shape index (κ1) is 9.57. The van der Waals surface area contributed by atoms with Gasteiger partial charge in [-0.05, 0) is 13.8 Å². The molecule has 1 aromatic heterocycles. The largest absolute Gasteiger partial charge is 0.481 e. The smallest absolute Gasteiger partial charge is 0.309 e. The van der Waals surface area contributed by atoms with E-state index in [-0.39, 0.29) is 12.5 Å². The molecule has 13 heavy (non-hydrogen) atoms. The lowest BCUT2D eigenvalue weighted by Crippen LogP contribution is -2.11. The van der Waals surface area contributed by atoms with Gasteiger partial charge in [0.1, 0.15) is 5.82 Å². The van der Waals surface area contributed by atoms with Crippen molar-refractivity contribution in [1.29, 1.82) is 0 Å². The third-order valence-electron chi connectivity index (χ3n) is 1.65. The molecule has 0 saturated heterocycles. The van der Waals surface area contributed by atoms with Crippen LogP contribution in [0.3, 0.4) is 0 Å². The molecule has 0 aromatic carbocycles. The lowest BCUT2D eigenvalue weighted by atomic mass is 10.3. The van der Waals surface area contributed by atoms with E-state index in [4.69, 9.17) is 10.8 Å². The van der Waals surface area contributed by atoms with Crippen molar-refractivity contribution in [2.75, 3.05) is 5.73 Å². The van der Waals surface area contributed by atoms with E-state index in [0.717, 1.165) is 0 Å². The second-order valence-electron chi connectivity index (χ2n) is 3.17. The van der Waals surface area contributed by atoms with E-state index in [1.165, 1.54) is 0 Å². The van der Waals surface area contributed by atoms with Gasteiger partial charge < -0.3 is 10.8 Å². The Morgan fingerprint density at radius 1 is 1.77 bits per heavy atom. The van der Waals surface area contributed by atoms with Crippen LogP contribution in [0.15, 0.2) is 6.07 Å². The van der Waals surface area contributed by atoms with Gasteiger partial charge in [-0.3, -0.25) is 9.48 Å². The van der Waals surface area contributed by atoms with Crippen molar-refractivity contribution in [2.24, 2.45) is 0 Å². The highest BCUT2D eigenvalue weighted by Gasteiger charge is 2.11. The maximum Gasteiger partial charge on any atom is 0.309 e. The van der Waals surface area contributed by atoms with Crippen molar-refractivity contribution in [2.45, 2.75) is 26.3 Å². The second kappa shape index (κ2) is 3.47. The van der Waals surface area contributed by atoms with E-state index in [9.17, 15) is 4.79 Å². The second-order valence-corrected chi connectivity index (χ2v) is 3.17. The number of carboxylic acid groups (broad SMARTS) is 1. The predicted octanol–water partition coefficient (Wildman–Crippen LogP) is 0.673. The molecule has 0 radical (unpaired) electrons. The number of hydrogen-bond acceptors (Lipinski definition) is 3. The molecule has 0 spiro atoms. The number of carboxylic acids is 1. The fraction of sp³-hybridized carbons (Fsp3) is 0.500. The highest BCUT2D eigenvalue weighted by atomic mass is 16.4. The molecule has 0 aliphatic heterocycles. The highest BCUT2D eigenvalue weighted by Crippen LogP contribution is 2.12. The summed E-state index contributed by atoms with van der Waals surface area (Å²) in [6.45, 7) is 3.86. The van der Waals surface area contributed by atoms with Crippen molar-refractivity contribution >= 4 is 11.8 Å². The van der Waals surface area contributed by atoms with E-state index >= 15 is 0 Å². The van der Waals surface area contributed by atoms with Crippen molar-refractivity contribution in [3.8, 4) is 0 Å². The lowest BCUT2D eigenvalue weighted by Gasteiger charge is -2.08. The average Bonchev–Trinajstić information content (AvgIpc) is 2.29. The number of aromatic nitrogens is 2. The number of nitrogens with zero attached hydrogens (tertiary/aromatic N) is 2. The zero-order chi connectivity index (χ0) is 10.0. The molecular formula is C8H13N3O2. The Bertz CT molecular complexity index is 317. The first-order valence-electron chi connectivity index (χ1n) is 4.06. The minimum atomic E-state index is -0.873. The van der Waals surface area contributed by atoms with E-state index in [2.05, 4.69) is 5.10 Å². The zero-order valence-corrected chi connectivity index (χ0v) is 7.69. The molecule has 5 nitrogen and oxygen atoms in total. The quantitative estimate of drug-likeness (QED) is 0.721. The van der Waals surface area contributed by atoms with Crippen LogP contribution in [-0.4, -0.2) is 20.9 Å². The first-order chi connectivity index (χ1) is 6.00. The summed E-state index contributed by atoms with van der Waals surface area (Å²) in [5.74, 6) is -0.508. The van der Waals surface area contributed by atoms with Gasteiger partial charge in [-0.25, -0.2) is 0 Å². The van der Waals surface area contributed by atoms with E-state index in [1.807, 2.05) is 13.8 Å². The minimum absolute atomic E-state index is 0.0393. The van der Waals surface area contributed by atoms with Gasteiger partial charge >= 0.3 is 5.97 Å². The first-order valence-corrected chi connectivity index (χ1v) is 4.06. The van der Waals surface area contributed by atoms with Crippen molar-refractivity contribution < 1.29 is 9.90 Å². The van der Waals surface area contributed by atoms with Gasteiger partial charge in [0.15, 0.2) is 0 Å². The standard InChI is InChI=1S/C8H13N3O2/c1-5(2)11-6(4-8(12)13)3-7(9)10-11/h3,5H,4H2,1-2H3,(H2,9,10)(H,12,13). The molecule has 3 N–H and O–H groups in total. The van der Waals surface area contributed by atoms with Gasteiger partial charge in [0.05, 0.1) is 12.1 Å². The van der Waals surface area contributed by atoms with Crippen molar-refractivity contribution in [3.63, 3.8) is 0 Å². The van der Waals surface area contributed by atoms with Gasteiger partial charge in [-0.1, -0.05) is 0 Å². The van der Waals surface area contributed by atoms with Crippen LogP contribution in [0.1, 0.15) is 25.6 Å². The minimum Gasteiger partial charge on any atom is -0.481 e. The van der Waals surface area contributed by atoms with Crippen LogP contribution in [-0.2, 0) is 11.2 Å². The normalized spacial score (nSPS) is 10.7. The van der Waals surface area contributed by atoms with Crippen LogP contribution in [0.2, 0.25) is 0 Å². The molecule has 1 aromatic rings. The molecule has 0 aliphatic carbocycles. The van der Waals surface area contributed by atoms with Crippen LogP contribution in [0.5, 0.6) is 0 Å². The molecular weight excluding hydrogens is 170 g/mol. The Morgan fingerprint density at radius 2 is 2.38 bits per heavy atom. The maximum absolute atomic E-state index is 10.5. The Hall–Kier alpha value is -1.52. The van der Waals surface area contributed by atoms with Gasteiger partial charge in [0.2, 0.25) is 0 Å². The number of nitrogens with two attached hydrogens (primary N) is 1. The third-order valence-corrected chi connectivity index (χ3v) is 1.65. The summed E-state index contributed by atoms with van der Waals surface area (Å²) in [4.78, 5) is 10.5. The van der Waals surface area contributed by atoms with Gasteiger partial charge in [0.25, 0.3) is 0 Å². The summed E-state index contributed by atoms with van der Waals surface area (Å²) in [6, 6.07) is 1.72. The SMILES string of the molecule is CC(C)n1nc(N)cc1CC(=O)O. The number of aliphatic carboxylic acids is 1. The topological polar surface area (TPSA) is 81.1 Å². The summed E-state index contributed by atoms with van der Waals surface area (Å²) in [5.41, 5.74) is 6.11. The molecule has 0 bridgehead atoms. The Labute approximate surface area is 76.2 Å². The molecule has 5 heteroatoms. The number of nitrogen functional groups attached to an aromatic ring is 1. The van der Waals surface area contributed by atoms with Crippen molar-refractivity contribution in [1.82, 2.24) is 9.78 Å². The number of hydrogen-bond donors (Lipinski definition) is 2. The lowest BCUT2D eigenvalue weighted by molar-refractivity contribution is -0.136. The molecule has 1 rings (SSSR count). The summed E-state index contributed by atoms with van der Waals surface area (Å²) in [5, 5.41) is 12.6. The van der Waals surface area contributed by atoms with Crippen LogP contribution in [0.25, 0.3) is 0 Å². The summed E-state index contributed by atoms with van der Waals surface area (Å²) in [6.07, 6.45) is -0.0393. The van der Waals surface area contributed by atoms with Gasteiger partial charge in [0, 0.05) is 12.1 Å². The number of anilines is 1. The molecule has 0 unspecified atom stereocenters. The predicted molar refractivity (Wildman–Crippen MR) is 48.4 cm³/mol. The molecule has 0 amide bonds.